The average molecular weight is 492 g/mol. The summed E-state index contributed by atoms with van der Waals surface area (Å²) >= 11 is 5.91. The molecule has 1 aromatic heterocycles. The highest BCUT2D eigenvalue weighted by Crippen LogP contribution is 2.26. The maximum absolute atomic E-state index is 12.3. The number of nitrogens with zero attached hydrogens (tertiary/aromatic N) is 2. The predicted octanol–water partition coefficient (Wildman–Crippen LogP) is 5.46. The second kappa shape index (κ2) is 12.3. The molecule has 0 aliphatic heterocycles. The van der Waals surface area contributed by atoms with Crippen molar-refractivity contribution in [3.8, 4) is 11.5 Å². The average Bonchev–Trinajstić information content (AvgIpc) is 3.22. The highest BCUT2D eigenvalue weighted by molar-refractivity contribution is 6.30. The number of carbonyl (C=O) groups excluding carboxylic acids is 1. The van der Waals surface area contributed by atoms with Gasteiger partial charge in [-0.25, -0.2) is 4.98 Å². The standard InChI is InChI=1S/C28H30ClN3O3/c1-2-34-25-10-5-6-11-26(25)35-19-18-32-24-9-4-3-8-23(24)31-27(32)12-7-17-30-28(33)20-21-13-15-22(29)16-14-21/h3-6,8-11,13-16H,2,7,12,17-20H2,1H3,(H,30,33). The monoisotopic (exact) mass is 491 g/mol. The van der Waals surface area contributed by atoms with Crippen molar-refractivity contribution >= 4 is 28.5 Å². The molecule has 0 aliphatic rings. The van der Waals surface area contributed by atoms with E-state index in [2.05, 4.69) is 16.0 Å². The molecule has 0 aliphatic carbocycles. The van der Waals surface area contributed by atoms with E-state index in [-0.39, 0.29) is 5.91 Å². The molecule has 1 amide bonds. The molecule has 1 N–H and O–H groups in total. The molecule has 35 heavy (non-hydrogen) atoms. The molecule has 3 aromatic carbocycles. The Balaban J connectivity index is 1.33. The summed E-state index contributed by atoms with van der Waals surface area (Å²) in [5.41, 5.74) is 2.99. The zero-order valence-electron chi connectivity index (χ0n) is 19.9. The molecule has 0 unspecified atom stereocenters. The molecule has 7 heteroatoms. The van der Waals surface area contributed by atoms with Gasteiger partial charge in [-0.2, -0.15) is 0 Å². The Bertz CT molecular complexity index is 1250. The fourth-order valence-electron chi connectivity index (χ4n) is 3.98. The third-order valence-electron chi connectivity index (χ3n) is 5.63. The van der Waals surface area contributed by atoms with Crippen molar-refractivity contribution in [1.82, 2.24) is 14.9 Å². The van der Waals surface area contributed by atoms with Crippen molar-refractivity contribution in [2.24, 2.45) is 0 Å². The number of hydrogen-bond donors (Lipinski definition) is 1. The minimum absolute atomic E-state index is 0.00203. The summed E-state index contributed by atoms with van der Waals surface area (Å²) in [5.74, 6) is 2.48. The van der Waals surface area contributed by atoms with Crippen LogP contribution in [0.3, 0.4) is 0 Å². The Morgan fingerprint density at radius 1 is 0.971 bits per heavy atom. The lowest BCUT2D eigenvalue weighted by molar-refractivity contribution is -0.120. The number of aryl methyl sites for hydroxylation is 1. The van der Waals surface area contributed by atoms with Crippen LogP contribution in [0.1, 0.15) is 24.7 Å². The van der Waals surface area contributed by atoms with E-state index < -0.39 is 0 Å². The fourth-order valence-corrected chi connectivity index (χ4v) is 4.11. The van der Waals surface area contributed by atoms with E-state index in [1.165, 1.54) is 0 Å². The first-order valence-electron chi connectivity index (χ1n) is 11.9. The highest BCUT2D eigenvalue weighted by atomic mass is 35.5. The molecule has 0 spiro atoms. The first kappa shape index (κ1) is 24.6. The van der Waals surface area contributed by atoms with E-state index in [0.29, 0.717) is 37.7 Å². The molecule has 0 atom stereocenters. The number of rotatable bonds is 12. The highest BCUT2D eigenvalue weighted by Gasteiger charge is 2.12. The van der Waals surface area contributed by atoms with Crippen LogP contribution in [0.25, 0.3) is 11.0 Å². The molecule has 0 saturated carbocycles. The maximum atomic E-state index is 12.3. The third-order valence-corrected chi connectivity index (χ3v) is 5.88. The first-order valence-corrected chi connectivity index (χ1v) is 12.3. The number of nitrogens with one attached hydrogen (secondary N) is 1. The molecule has 4 aromatic rings. The summed E-state index contributed by atoms with van der Waals surface area (Å²) in [6, 6.07) is 23.2. The van der Waals surface area contributed by atoms with Crippen LogP contribution in [0.2, 0.25) is 5.02 Å². The summed E-state index contributed by atoms with van der Waals surface area (Å²) in [4.78, 5) is 17.1. The van der Waals surface area contributed by atoms with Crippen LogP contribution in [-0.2, 0) is 24.2 Å². The number of ether oxygens (including phenoxy) is 2. The number of para-hydroxylation sites is 4. The van der Waals surface area contributed by atoms with Gasteiger partial charge in [-0.05, 0) is 55.3 Å². The van der Waals surface area contributed by atoms with Gasteiger partial charge in [0.25, 0.3) is 0 Å². The van der Waals surface area contributed by atoms with Crippen molar-refractivity contribution in [3.63, 3.8) is 0 Å². The first-order chi connectivity index (χ1) is 17.1. The Morgan fingerprint density at radius 2 is 1.69 bits per heavy atom. The lowest BCUT2D eigenvalue weighted by Gasteiger charge is -2.13. The molecule has 1 heterocycles. The van der Waals surface area contributed by atoms with E-state index in [4.69, 9.17) is 26.1 Å². The zero-order chi connectivity index (χ0) is 24.5. The predicted molar refractivity (Wildman–Crippen MR) is 139 cm³/mol. The molecular formula is C28H30ClN3O3. The lowest BCUT2D eigenvalue weighted by Crippen LogP contribution is -2.26. The minimum atomic E-state index is 0.00203. The molecule has 182 valence electrons. The Labute approximate surface area is 210 Å². The SMILES string of the molecule is CCOc1ccccc1OCCn1c(CCCNC(=O)Cc2ccc(Cl)cc2)nc2ccccc21. The Morgan fingerprint density at radius 3 is 2.46 bits per heavy atom. The van der Waals surface area contributed by atoms with Gasteiger partial charge in [-0.3, -0.25) is 4.79 Å². The maximum Gasteiger partial charge on any atom is 0.224 e. The largest absolute Gasteiger partial charge is 0.490 e. The van der Waals surface area contributed by atoms with Gasteiger partial charge < -0.3 is 19.4 Å². The topological polar surface area (TPSA) is 65.4 Å². The minimum Gasteiger partial charge on any atom is -0.490 e. The summed E-state index contributed by atoms with van der Waals surface area (Å²) < 4.78 is 13.9. The molecule has 0 radical (unpaired) electrons. The van der Waals surface area contributed by atoms with Crippen LogP contribution in [0.5, 0.6) is 11.5 Å². The van der Waals surface area contributed by atoms with Crippen LogP contribution < -0.4 is 14.8 Å². The van der Waals surface area contributed by atoms with Gasteiger partial charge in [-0.15, -0.1) is 0 Å². The van der Waals surface area contributed by atoms with Gasteiger partial charge in [0.1, 0.15) is 12.4 Å². The zero-order valence-corrected chi connectivity index (χ0v) is 20.6. The number of hydrogen-bond acceptors (Lipinski definition) is 4. The number of carbonyl (C=O) groups is 1. The number of aromatic nitrogens is 2. The van der Waals surface area contributed by atoms with Crippen LogP contribution >= 0.6 is 11.6 Å². The summed E-state index contributed by atoms with van der Waals surface area (Å²) in [5, 5.41) is 3.67. The molecular weight excluding hydrogens is 462 g/mol. The fraction of sp³-hybridized carbons (Fsp3) is 0.286. The van der Waals surface area contributed by atoms with Crippen LogP contribution in [0.15, 0.2) is 72.8 Å². The van der Waals surface area contributed by atoms with Gasteiger partial charge in [0, 0.05) is 18.0 Å². The number of fused-ring (bicyclic) bond motifs is 1. The Kier molecular flexibility index (Phi) is 8.63. The molecule has 0 saturated heterocycles. The molecule has 0 fully saturated rings. The molecule has 4 rings (SSSR count). The second-order valence-corrected chi connectivity index (χ2v) is 8.59. The van der Waals surface area contributed by atoms with E-state index >= 15 is 0 Å². The molecule has 6 nitrogen and oxygen atoms in total. The van der Waals surface area contributed by atoms with Gasteiger partial charge in [0.15, 0.2) is 11.5 Å². The summed E-state index contributed by atoms with van der Waals surface area (Å²) in [7, 11) is 0. The van der Waals surface area contributed by atoms with Gasteiger partial charge in [0.05, 0.1) is 30.6 Å². The Hall–Kier alpha value is -3.51. The van der Waals surface area contributed by atoms with Gasteiger partial charge >= 0.3 is 0 Å². The van der Waals surface area contributed by atoms with Crippen molar-refractivity contribution in [3.05, 3.63) is 89.2 Å². The molecule has 0 bridgehead atoms. The van der Waals surface area contributed by atoms with E-state index in [1.807, 2.05) is 61.5 Å². The smallest absolute Gasteiger partial charge is 0.224 e. The van der Waals surface area contributed by atoms with Crippen molar-refractivity contribution in [2.75, 3.05) is 19.8 Å². The van der Waals surface area contributed by atoms with Crippen LogP contribution in [0, 0.1) is 0 Å². The van der Waals surface area contributed by atoms with Crippen molar-refractivity contribution in [2.45, 2.75) is 32.7 Å². The number of halogens is 1. The van der Waals surface area contributed by atoms with Crippen LogP contribution in [-0.4, -0.2) is 35.2 Å². The van der Waals surface area contributed by atoms with Crippen LogP contribution in [0.4, 0.5) is 0 Å². The second-order valence-electron chi connectivity index (χ2n) is 8.15. The number of benzene rings is 3. The number of imidazole rings is 1. The van der Waals surface area contributed by atoms with Gasteiger partial charge in [0.2, 0.25) is 5.91 Å². The summed E-state index contributed by atoms with van der Waals surface area (Å²) in [6.45, 7) is 4.30. The van der Waals surface area contributed by atoms with E-state index in [1.54, 1.807) is 12.1 Å². The van der Waals surface area contributed by atoms with Gasteiger partial charge in [-0.1, -0.05) is 48.0 Å². The lowest BCUT2D eigenvalue weighted by atomic mass is 10.1. The normalized spacial score (nSPS) is 10.9. The van der Waals surface area contributed by atoms with E-state index in [9.17, 15) is 4.79 Å². The van der Waals surface area contributed by atoms with Crippen molar-refractivity contribution in [1.29, 1.82) is 0 Å². The summed E-state index contributed by atoms with van der Waals surface area (Å²) in [6.07, 6.45) is 1.89. The quantitative estimate of drug-likeness (QED) is 0.267. The van der Waals surface area contributed by atoms with Crippen molar-refractivity contribution < 1.29 is 14.3 Å². The van der Waals surface area contributed by atoms with E-state index in [0.717, 1.165) is 46.8 Å². The third kappa shape index (κ3) is 6.76. The number of amides is 1.